The van der Waals surface area contributed by atoms with Gasteiger partial charge in [-0.05, 0) is 42.8 Å². The summed E-state index contributed by atoms with van der Waals surface area (Å²) in [5, 5.41) is 2.98. The smallest absolute Gasteiger partial charge is 0.255 e. The molecule has 0 atom stereocenters. The molecule has 4 rings (SSSR count). The van der Waals surface area contributed by atoms with Crippen LogP contribution in [0, 0.1) is 0 Å². The van der Waals surface area contributed by atoms with E-state index >= 15 is 0 Å². The number of carbonyl (C=O) groups is 1. The third-order valence-corrected chi connectivity index (χ3v) is 5.27. The van der Waals surface area contributed by atoms with Crippen LogP contribution in [0.15, 0.2) is 78.9 Å². The highest BCUT2D eigenvalue weighted by Gasteiger charge is 2.13. The molecule has 1 amide bonds. The van der Waals surface area contributed by atoms with Crippen LogP contribution < -0.4 is 14.8 Å². The zero-order valence-electron chi connectivity index (χ0n) is 18.2. The molecule has 0 saturated carbocycles. The number of aromatic nitrogens is 2. The van der Waals surface area contributed by atoms with E-state index in [0.29, 0.717) is 31.0 Å². The number of rotatable bonds is 10. The maximum absolute atomic E-state index is 12.5. The van der Waals surface area contributed by atoms with E-state index in [9.17, 15) is 4.79 Å². The largest absolute Gasteiger partial charge is 0.496 e. The minimum absolute atomic E-state index is 0.132. The number of fused-ring (bicyclic) bond motifs is 1. The second kappa shape index (κ2) is 10.5. The molecule has 1 heterocycles. The van der Waals surface area contributed by atoms with Crippen molar-refractivity contribution >= 4 is 16.9 Å². The summed E-state index contributed by atoms with van der Waals surface area (Å²) in [4.78, 5) is 17.3. The average Bonchev–Trinajstić information content (AvgIpc) is 3.19. The van der Waals surface area contributed by atoms with Crippen molar-refractivity contribution in [2.75, 3.05) is 20.3 Å². The molecule has 0 fully saturated rings. The Morgan fingerprint density at radius 2 is 1.72 bits per heavy atom. The van der Waals surface area contributed by atoms with E-state index in [1.807, 2.05) is 60.7 Å². The lowest BCUT2D eigenvalue weighted by molar-refractivity contribution is 0.0950. The summed E-state index contributed by atoms with van der Waals surface area (Å²) in [6, 6.07) is 25.2. The third-order valence-electron chi connectivity index (χ3n) is 5.27. The predicted octanol–water partition coefficient (Wildman–Crippen LogP) is 4.49. The molecule has 3 aromatic carbocycles. The summed E-state index contributed by atoms with van der Waals surface area (Å²) in [7, 11) is 1.57. The summed E-state index contributed by atoms with van der Waals surface area (Å²) >= 11 is 0. The first kappa shape index (κ1) is 21.4. The summed E-state index contributed by atoms with van der Waals surface area (Å²) in [5.41, 5.74) is 2.61. The number of benzene rings is 3. The van der Waals surface area contributed by atoms with Gasteiger partial charge in [0.05, 0.1) is 30.3 Å². The normalized spacial score (nSPS) is 10.8. The minimum atomic E-state index is -0.132. The van der Waals surface area contributed by atoms with Crippen molar-refractivity contribution in [2.45, 2.75) is 19.4 Å². The maximum atomic E-state index is 12.5. The Morgan fingerprint density at radius 3 is 2.56 bits per heavy atom. The average molecular weight is 430 g/mol. The molecular weight excluding hydrogens is 402 g/mol. The highest BCUT2D eigenvalue weighted by molar-refractivity contribution is 5.96. The van der Waals surface area contributed by atoms with Crippen LogP contribution in [0.3, 0.4) is 0 Å². The first-order valence-electron chi connectivity index (χ1n) is 10.8. The Labute approximate surface area is 187 Å². The number of nitrogens with zero attached hydrogens (tertiary/aromatic N) is 2. The second-order valence-electron chi connectivity index (χ2n) is 7.39. The summed E-state index contributed by atoms with van der Waals surface area (Å²) in [5.74, 6) is 2.30. The lowest BCUT2D eigenvalue weighted by Gasteiger charge is -2.12. The van der Waals surface area contributed by atoms with Crippen molar-refractivity contribution < 1.29 is 14.3 Å². The molecule has 6 nitrogen and oxygen atoms in total. The van der Waals surface area contributed by atoms with Gasteiger partial charge >= 0.3 is 0 Å². The van der Waals surface area contributed by atoms with Gasteiger partial charge in [-0.1, -0.05) is 42.5 Å². The van der Waals surface area contributed by atoms with Crippen molar-refractivity contribution in [2.24, 2.45) is 0 Å². The number of para-hydroxylation sites is 4. The molecule has 0 aliphatic rings. The van der Waals surface area contributed by atoms with Gasteiger partial charge in [0, 0.05) is 13.0 Å². The molecule has 1 aromatic heterocycles. The number of aryl methyl sites for hydroxylation is 1. The van der Waals surface area contributed by atoms with Crippen LogP contribution in [0.4, 0.5) is 0 Å². The van der Waals surface area contributed by atoms with Gasteiger partial charge < -0.3 is 19.4 Å². The van der Waals surface area contributed by atoms with Crippen LogP contribution in [0.25, 0.3) is 11.0 Å². The number of hydrogen-bond acceptors (Lipinski definition) is 4. The highest BCUT2D eigenvalue weighted by atomic mass is 16.5. The van der Waals surface area contributed by atoms with Crippen molar-refractivity contribution in [3.8, 4) is 11.5 Å². The van der Waals surface area contributed by atoms with E-state index < -0.39 is 0 Å². The number of methoxy groups -OCH3 is 1. The van der Waals surface area contributed by atoms with Crippen molar-refractivity contribution in [3.05, 3.63) is 90.3 Å². The quantitative estimate of drug-likeness (QED) is 0.377. The molecule has 164 valence electrons. The highest BCUT2D eigenvalue weighted by Crippen LogP contribution is 2.19. The molecule has 32 heavy (non-hydrogen) atoms. The van der Waals surface area contributed by atoms with Crippen molar-refractivity contribution in [3.63, 3.8) is 0 Å². The Balaban J connectivity index is 1.37. The Morgan fingerprint density at radius 1 is 0.969 bits per heavy atom. The first-order valence-corrected chi connectivity index (χ1v) is 10.8. The van der Waals surface area contributed by atoms with Crippen LogP contribution in [0.5, 0.6) is 11.5 Å². The van der Waals surface area contributed by atoms with Gasteiger partial charge in [0.1, 0.15) is 23.9 Å². The van der Waals surface area contributed by atoms with E-state index in [1.165, 1.54) is 0 Å². The number of ether oxygens (including phenoxy) is 2. The van der Waals surface area contributed by atoms with Crippen molar-refractivity contribution in [1.82, 2.24) is 14.9 Å². The molecule has 0 spiro atoms. The van der Waals surface area contributed by atoms with Gasteiger partial charge in [-0.3, -0.25) is 4.79 Å². The fourth-order valence-corrected chi connectivity index (χ4v) is 3.71. The Hall–Kier alpha value is -3.80. The molecule has 4 aromatic rings. The molecule has 0 radical (unpaired) electrons. The predicted molar refractivity (Wildman–Crippen MR) is 125 cm³/mol. The zero-order chi connectivity index (χ0) is 22.2. The second-order valence-corrected chi connectivity index (χ2v) is 7.39. The third kappa shape index (κ3) is 5.09. The number of hydrogen-bond donors (Lipinski definition) is 1. The molecule has 0 aliphatic heterocycles. The summed E-state index contributed by atoms with van der Waals surface area (Å²) < 4.78 is 13.4. The van der Waals surface area contributed by atoms with Crippen LogP contribution in [0.1, 0.15) is 22.6 Å². The molecule has 6 heteroatoms. The van der Waals surface area contributed by atoms with Gasteiger partial charge in [0.2, 0.25) is 0 Å². The van der Waals surface area contributed by atoms with E-state index in [1.54, 1.807) is 19.2 Å². The van der Waals surface area contributed by atoms with Gasteiger partial charge in [-0.25, -0.2) is 4.98 Å². The van der Waals surface area contributed by atoms with Crippen LogP contribution in [-0.2, 0) is 13.0 Å². The fraction of sp³-hybridized carbons (Fsp3) is 0.231. The topological polar surface area (TPSA) is 65.4 Å². The van der Waals surface area contributed by atoms with Crippen LogP contribution >= 0.6 is 0 Å². The van der Waals surface area contributed by atoms with E-state index in [2.05, 4.69) is 16.0 Å². The van der Waals surface area contributed by atoms with E-state index in [4.69, 9.17) is 14.5 Å². The molecule has 0 saturated heterocycles. The molecule has 1 N–H and O–H groups in total. The van der Waals surface area contributed by atoms with Crippen LogP contribution in [0.2, 0.25) is 0 Å². The molecule has 0 bridgehead atoms. The Kier molecular flexibility index (Phi) is 7.02. The number of carbonyl (C=O) groups excluding carboxylic acids is 1. The van der Waals surface area contributed by atoms with Gasteiger partial charge in [0.25, 0.3) is 5.91 Å². The number of imidazole rings is 1. The molecule has 0 aliphatic carbocycles. The number of nitrogens with one attached hydrogen (secondary N) is 1. The molecule has 0 unspecified atom stereocenters. The lowest BCUT2D eigenvalue weighted by Crippen LogP contribution is -2.25. The van der Waals surface area contributed by atoms with E-state index in [0.717, 1.165) is 35.4 Å². The monoisotopic (exact) mass is 429 g/mol. The van der Waals surface area contributed by atoms with E-state index in [-0.39, 0.29) is 5.91 Å². The lowest BCUT2D eigenvalue weighted by atomic mass is 10.2. The van der Waals surface area contributed by atoms with Crippen molar-refractivity contribution in [1.29, 1.82) is 0 Å². The van der Waals surface area contributed by atoms with Gasteiger partial charge in [0.15, 0.2) is 0 Å². The van der Waals surface area contributed by atoms with Crippen LogP contribution in [-0.4, -0.2) is 35.7 Å². The SMILES string of the molecule is COc1ccccc1C(=O)NCCCc1nc2ccccc2n1CCOc1ccccc1. The fourth-order valence-electron chi connectivity index (χ4n) is 3.71. The Bertz CT molecular complexity index is 1170. The van der Waals surface area contributed by atoms with Gasteiger partial charge in [-0.2, -0.15) is 0 Å². The number of amides is 1. The minimum Gasteiger partial charge on any atom is -0.496 e. The molecular formula is C26H27N3O3. The standard InChI is InChI=1S/C26H27N3O3/c1-31-24-15-8-5-12-21(24)26(30)27-17-9-16-25-28-22-13-6-7-14-23(22)29(25)18-19-32-20-10-3-2-4-11-20/h2-8,10-15H,9,16-19H2,1H3,(H,27,30). The summed E-state index contributed by atoms with van der Waals surface area (Å²) in [6.07, 6.45) is 1.54. The first-order chi connectivity index (χ1) is 15.8. The zero-order valence-corrected chi connectivity index (χ0v) is 18.2. The summed E-state index contributed by atoms with van der Waals surface area (Å²) in [6.45, 7) is 1.82. The maximum Gasteiger partial charge on any atom is 0.255 e. The van der Waals surface area contributed by atoms with Gasteiger partial charge in [-0.15, -0.1) is 0 Å².